The highest BCUT2D eigenvalue weighted by Crippen LogP contribution is 2.45. The molecule has 0 aliphatic rings. The summed E-state index contributed by atoms with van der Waals surface area (Å²) in [7, 11) is 0. The average Bonchev–Trinajstić information content (AvgIpc) is 3.80. The molecule has 47 heavy (non-hydrogen) atoms. The topological polar surface area (TPSA) is 40.0 Å². The lowest BCUT2D eigenvalue weighted by atomic mass is 10.0. The number of aromatic nitrogens is 5. The van der Waals surface area contributed by atoms with Gasteiger partial charge >= 0.3 is 0 Å². The van der Waals surface area contributed by atoms with E-state index in [1.807, 2.05) is 12.3 Å². The van der Waals surface area contributed by atoms with E-state index in [9.17, 15) is 0 Å². The Labute approximate surface area is 268 Å². The first-order valence-electron chi connectivity index (χ1n) is 15.9. The Bertz CT molecular complexity index is 3060. The summed E-state index contributed by atoms with van der Waals surface area (Å²) in [5.74, 6) is 0. The molecule has 5 nitrogen and oxygen atoms in total. The lowest BCUT2D eigenvalue weighted by molar-refractivity contribution is 1.17. The first-order valence-corrected chi connectivity index (χ1v) is 15.9. The highest BCUT2D eigenvalue weighted by molar-refractivity contribution is 6.34. The highest BCUT2D eigenvalue weighted by atomic mass is 15.1. The van der Waals surface area contributed by atoms with Crippen molar-refractivity contribution < 1.29 is 0 Å². The number of benzene rings is 6. The van der Waals surface area contributed by atoms with E-state index >= 15 is 0 Å². The molecule has 5 heteroatoms. The molecule has 5 aromatic heterocycles. The van der Waals surface area contributed by atoms with Crippen LogP contribution in [0.3, 0.4) is 0 Å². The second kappa shape index (κ2) is 9.05. The zero-order valence-corrected chi connectivity index (χ0v) is 25.2. The van der Waals surface area contributed by atoms with E-state index in [1.165, 1.54) is 38.1 Å². The van der Waals surface area contributed by atoms with Crippen molar-refractivity contribution in [3.63, 3.8) is 0 Å². The Morgan fingerprint density at radius 1 is 0.383 bits per heavy atom. The maximum atomic E-state index is 5.30. The number of rotatable bonds is 2. The van der Waals surface area contributed by atoms with Gasteiger partial charge < -0.3 is 9.13 Å². The Hall–Kier alpha value is -6.46. The molecule has 5 heterocycles. The second-order valence-electron chi connectivity index (χ2n) is 12.2. The summed E-state index contributed by atoms with van der Waals surface area (Å²) in [4.78, 5) is 10.2. The number of fused-ring (bicyclic) bond motifs is 16. The molecule has 0 radical (unpaired) electrons. The third-order valence-electron chi connectivity index (χ3n) is 9.83. The van der Waals surface area contributed by atoms with Gasteiger partial charge in [-0.15, -0.1) is 0 Å². The molecule has 6 aromatic carbocycles. The third kappa shape index (κ3) is 3.17. The molecule has 0 atom stereocenters. The molecule has 0 saturated carbocycles. The Kier molecular flexibility index (Phi) is 4.78. The first-order chi connectivity index (χ1) is 23.4. The summed E-state index contributed by atoms with van der Waals surface area (Å²) in [6, 6.07) is 52.0. The van der Waals surface area contributed by atoms with Gasteiger partial charge in [0.05, 0.1) is 33.1 Å². The van der Waals surface area contributed by atoms with Crippen molar-refractivity contribution >= 4 is 82.1 Å². The van der Waals surface area contributed by atoms with Crippen molar-refractivity contribution in [3.8, 4) is 11.4 Å². The van der Waals surface area contributed by atoms with Crippen molar-refractivity contribution in [2.75, 3.05) is 0 Å². The first kappa shape index (κ1) is 24.8. The predicted molar refractivity (Wildman–Crippen MR) is 194 cm³/mol. The summed E-state index contributed by atoms with van der Waals surface area (Å²) >= 11 is 0. The second-order valence-corrected chi connectivity index (χ2v) is 12.2. The number of nitrogens with zero attached hydrogens (tertiary/aromatic N) is 5. The lowest BCUT2D eigenvalue weighted by Crippen LogP contribution is -1.96. The van der Waals surface area contributed by atoms with E-state index in [4.69, 9.17) is 9.97 Å². The number of hydrogen-bond acceptors (Lipinski definition) is 2. The minimum Gasteiger partial charge on any atom is -0.309 e. The molecule has 0 N–H and O–H groups in total. The van der Waals surface area contributed by atoms with Gasteiger partial charge in [0.1, 0.15) is 11.3 Å². The van der Waals surface area contributed by atoms with Gasteiger partial charge in [0.2, 0.25) is 0 Å². The van der Waals surface area contributed by atoms with Crippen LogP contribution in [0.15, 0.2) is 152 Å². The molecule has 0 saturated heterocycles. The summed E-state index contributed by atoms with van der Waals surface area (Å²) in [5, 5.41) is 8.28. The van der Waals surface area contributed by atoms with Gasteiger partial charge in [-0.05, 0) is 72.1 Å². The van der Waals surface area contributed by atoms with Crippen LogP contribution in [-0.4, -0.2) is 23.5 Å². The minimum atomic E-state index is 0.920. The van der Waals surface area contributed by atoms with Crippen LogP contribution in [0.5, 0.6) is 0 Å². The van der Waals surface area contributed by atoms with Gasteiger partial charge in [-0.3, -0.25) is 4.40 Å². The molecule has 0 spiro atoms. The molecule has 11 aromatic rings. The Morgan fingerprint density at radius 2 is 1.02 bits per heavy atom. The quantitative estimate of drug-likeness (QED) is 0.186. The van der Waals surface area contributed by atoms with Crippen LogP contribution >= 0.6 is 0 Å². The number of pyridine rings is 2. The smallest absolute Gasteiger partial charge is 0.148 e. The molecule has 0 amide bonds. The molecule has 0 aliphatic heterocycles. The van der Waals surface area contributed by atoms with Crippen molar-refractivity contribution in [3.05, 3.63) is 152 Å². The van der Waals surface area contributed by atoms with E-state index in [0.717, 1.165) is 55.4 Å². The fourth-order valence-electron chi connectivity index (χ4n) is 8.00. The fourth-order valence-corrected chi connectivity index (χ4v) is 8.00. The van der Waals surface area contributed by atoms with Gasteiger partial charge in [-0.25, -0.2) is 9.97 Å². The van der Waals surface area contributed by atoms with Crippen LogP contribution in [0.25, 0.3) is 93.5 Å². The van der Waals surface area contributed by atoms with Crippen LogP contribution in [0, 0.1) is 0 Å². The zero-order valence-electron chi connectivity index (χ0n) is 25.2. The molecule has 11 rings (SSSR count). The maximum Gasteiger partial charge on any atom is 0.148 e. The van der Waals surface area contributed by atoms with Crippen LogP contribution in [0.1, 0.15) is 0 Å². The van der Waals surface area contributed by atoms with E-state index < -0.39 is 0 Å². The van der Waals surface area contributed by atoms with Crippen LogP contribution in [0.4, 0.5) is 0 Å². The highest BCUT2D eigenvalue weighted by Gasteiger charge is 2.24. The zero-order chi connectivity index (χ0) is 30.6. The van der Waals surface area contributed by atoms with E-state index in [1.54, 1.807) is 0 Å². The standard InChI is InChI=1S/C42H25N5/c1-3-12-26(13-4-1)45-33-19-9-7-16-30(33)38-36(45)24-22-31-37-35(46(40(31)38)27-14-5-2-6-15-27)23-21-28-29-17-11-25-43-41(29)47-34-20-10-8-18-32(34)44-42(47)39(28)37/h1-25H. The number of hydrogen-bond donors (Lipinski definition) is 0. The Morgan fingerprint density at radius 3 is 1.83 bits per heavy atom. The Balaban J connectivity index is 1.45. The van der Waals surface area contributed by atoms with Gasteiger partial charge in [0.25, 0.3) is 0 Å². The van der Waals surface area contributed by atoms with Gasteiger partial charge in [0.15, 0.2) is 0 Å². The monoisotopic (exact) mass is 599 g/mol. The molecule has 0 unspecified atom stereocenters. The molecular formula is C42H25N5. The van der Waals surface area contributed by atoms with E-state index in [-0.39, 0.29) is 0 Å². The van der Waals surface area contributed by atoms with E-state index in [0.29, 0.717) is 0 Å². The van der Waals surface area contributed by atoms with Crippen molar-refractivity contribution in [1.29, 1.82) is 0 Å². The molecule has 0 bridgehead atoms. The summed E-state index contributed by atoms with van der Waals surface area (Å²) in [6.45, 7) is 0. The lowest BCUT2D eigenvalue weighted by Gasteiger charge is -2.11. The number of imidazole rings is 1. The number of para-hydroxylation sites is 5. The fraction of sp³-hybridized carbons (Fsp3) is 0. The van der Waals surface area contributed by atoms with Crippen LogP contribution in [-0.2, 0) is 0 Å². The van der Waals surface area contributed by atoms with Gasteiger partial charge in [0, 0.05) is 49.9 Å². The minimum absolute atomic E-state index is 0.920. The van der Waals surface area contributed by atoms with Crippen LogP contribution in [0.2, 0.25) is 0 Å². The largest absolute Gasteiger partial charge is 0.309 e. The van der Waals surface area contributed by atoms with Crippen molar-refractivity contribution in [2.45, 2.75) is 0 Å². The van der Waals surface area contributed by atoms with Crippen LogP contribution < -0.4 is 0 Å². The van der Waals surface area contributed by atoms with Crippen molar-refractivity contribution in [1.82, 2.24) is 23.5 Å². The molecule has 0 aliphatic carbocycles. The maximum absolute atomic E-state index is 5.30. The molecular weight excluding hydrogens is 574 g/mol. The summed E-state index contributed by atoms with van der Waals surface area (Å²) < 4.78 is 7.10. The van der Waals surface area contributed by atoms with Gasteiger partial charge in [-0.2, -0.15) is 0 Å². The van der Waals surface area contributed by atoms with E-state index in [2.05, 4.69) is 153 Å². The molecule has 0 fully saturated rings. The predicted octanol–water partition coefficient (Wildman–Crippen LogP) is 10.4. The average molecular weight is 600 g/mol. The molecule has 218 valence electrons. The van der Waals surface area contributed by atoms with Crippen molar-refractivity contribution in [2.24, 2.45) is 0 Å². The normalized spacial score (nSPS) is 12.3. The SMILES string of the molecule is c1ccc(-n2c3ccccc3c3c2ccc2c4c5c(ccc4n(-c4ccccc4)c23)c2cccnc2n2c3ccccc3nc52)cc1. The third-order valence-corrected chi connectivity index (χ3v) is 9.83. The summed E-state index contributed by atoms with van der Waals surface area (Å²) in [5.41, 5.74) is 10.9. The summed E-state index contributed by atoms with van der Waals surface area (Å²) in [6.07, 6.45) is 1.88. The van der Waals surface area contributed by atoms with Gasteiger partial charge in [-0.1, -0.05) is 78.9 Å².